The maximum Gasteiger partial charge on any atom is 0.130 e. The van der Waals surface area contributed by atoms with Crippen molar-refractivity contribution in [2.24, 2.45) is 5.41 Å². The second-order valence-electron chi connectivity index (χ2n) is 7.10. The van der Waals surface area contributed by atoms with Crippen LogP contribution in [0, 0.1) is 5.41 Å². The van der Waals surface area contributed by atoms with Crippen LogP contribution in [0.4, 0.5) is 0 Å². The first-order chi connectivity index (χ1) is 11.8. The highest BCUT2D eigenvalue weighted by atomic mass is 16.5. The molecule has 1 N–H and O–H groups in total. The second kappa shape index (κ2) is 6.91. The van der Waals surface area contributed by atoms with Gasteiger partial charge in [0.1, 0.15) is 12.4 Å². The van der Waals surface area contributed by atoms with E-state index in [1.807, 2.05) is 30.5 Å². The number of pyridine rings is 1. The van der Waals surface area contributed by atoms with Gasteiger partial charge in [0.2, 0.25) is 0 Å². The van der Waals surface area contributed by atoms with Gasteiger partial charge in [-0.05, 0) is 49.5 Å². The fraction of sp³-hybridized carbons (Fsp3) is 0.450. The van der Waals surface area contributed by atoms with Crippen molar-refractivity contribution < 1.29 is 4.74 Å². The Morgan fingerprint density at radius 3 is 2.88 bits per heavy atom. The van der Waals surface area contributed by atoms with E-state index in [1.54, 1.807) is 0 Å². The second-order valence-corrected chi connectivity index (χ2v) is 7.10. The molecular formula is C20H25N3O. The van der Waals surface area contributed by atoms with Crippen molar-refractivity contribution in [2.45, 2.75) is 26.0 Å². The van der Waals surface area contributed by atoms with Gasteiger partial charge < -0.3 is 10.1 Å². The lowest BCUT2D eigenvalue weighted by molar-refractivity contribution is 0.257. The van der Waals surface area contributed by atoms with Crippen LogP contribution in [0.1, 0.15) is 24.1 Å². The van der Waals surface area contributed by atoms with Gasteiger partial charge in [0, 0.05) is 31.4 Å². The van der Waals surface area contributed by atoms with Crippen LogP contribution >= 0.6 is 0 Å². The Hall–Kier alpha value is -1.91. The first-order valence-corrected chi connectivity index (χ1v) is 8.87. The van der Waals surface area contributed by atoms with Crippen LogP contribution in [0.3, 0.4) is 0 Å². The van der Waals surface area contributed by atoms with Crippen LogP contribution in [-0.2, 0) is 13.2 Å². The Bertz CT molecular complexity index is 668. The minimum Gasteiger partial charge on any atom is -0.487 e. The number of para-hydroxylation sites is 1. The summed E-state index contributed by atoms with van der Waals surface area (Å²) in [4.78, 5) is 6.91. The first-order valence-electron chi connectivity index (χ1n) is 8.87. The van der Waals surface area contributed by atoms with E-state index in [0.29, 0.717) is 12.0 Å². The summed E-state index contributed by atoms with van der Waals surface area (Å²) < 4.78 is 6.05. The third-order valence-corrected chi connectivity index (χ3v) is 5.32. The lowest BCUT2D eigenvalue weighted by Crippen LogP contribution is -2.29. The number of nitrogens with zero attached hydrogens (tertiary/aromatic N) is 2. The molecule has 24 heavy (non-hydrogen) atoms. The van der Waals surface area contributed by atoms with Crippen molar-refractivity contribution in [3.8, 4) is 5.75 Å². The lowest BCUT2D eigenvalue weighted by atomic mass is 9.86. The van der Waals surface area contributed by atoms with E-state index in [1.165, 1.54) is 44.6 Å². The van der Waals surface area contributed by atoms with Gasteiger partial charge in [-0.2, -0.15) is 0 Å². The summed E-state index contributed by atoms with van der Waals surface area (Å²) >= 11 is 0. The van der Waals surface area contributed by atoms with Gasteiger partial charge in [-0.25, -0.2) is 0 Å². The summed E-state index contributed by atoms with van der Waals surface area (Å²) in [6.45, 7) is 6.25. The van der Waals surface area contributed by atoms with E-state index in [-0.39, 0.29) is 0 Å². The standard InChI is InChI=1S/C20H25N3O/c1-2-7-19(24-14-18-6-3-4-10-22-18)17(5-1)13-23-12-9-20(16-23)8-11-21-15-20/h1-7,10,21H,8-9,11-16H2. The van der Waals surface area contributed by atoms with Crippen LogP contribution in [0.5, 0.6) is 5.75 Å². The van der Waals surface area contributed by atoms with Crippen LogP contribution in [0.15, 0.2) is 48.7 Å². The number of ether oxygens (including phenoxy) is 1. The quantitative estimate of drug-likeness (QED) is 0.918. The smallest absolute Gasteiger partial charge is 0.130 e. The maximum absolute atomic E-state index is 6.05. The highest BCUT2D eigenvalue weighted by molar-refractivity contribution is 5.33. The number of benzene rings is 1. The fourth-order valence-electron chi connectivity index (χ4n) is 3.96. The lowest BCUT2D eigenvalue weighted by Gasteiger charge is -2.23. The molecule has 2 aromatic rings. The molecule has 0 aliphatic carbocycles. The van der Waals surface area contributed by atoms with Gasteiger partial charge in [0.25, 0.3) is 0 Å². The van der Waals surface area contributed by atoms with Crippen LogP contribution in [-0.4, -0.2) is 36.1 Å². The Morgan fingerprint density at radius 1 is 1.12 bits per heavy atom. The number of rotatable bonds is 5. The van der Waals surface area contributed by atoms with Crippen molar-refractivity contribution in [2.75, 3.05) is 26.2 Å². The van der Waals surface area contributed by atoms with Crippen molar-refractivity contribution in [1.82, 2.24) is 15.2 Å². The van der Waals surface area contributed by atoms with Crippen molar-refractivity contribution >= 4 is 0 Å². The average Bonchev–Trinajstić information content (AvgIpc) is 3.25. The molecule has 1 atom stereocenters. The number of hydrogen-bond acceptors (Lipinski definition) is 4. The average molecular weight is 323 g/mol. The van der Waals surface area contributed by atoms with Gasteiger partial charge >= 0.3 is 0 Å². The molecule has 0 amide bonds. The summed E-state index contributed by atoms with van der Waals surface area (Å²) in [7, 11) is 0. The minimum absolute atomic E-state index is 0.518. The Labute approximate surface area is 143 Å². The number of likely N-dealkylation sites (tertiary alicyclic amines) is 1. The molecule has 1 unspecified atom stereocenters. The first kappa shape index (κ1) is 15.6. The third-order valence-electron chi connectivity index (χ3n) is 5.32. The van der Waals surface area contributed by atoms with E-state index < -0.39 is 0 Å². The van der Waals surface area contributed by atoms with E-state index in [2.05, 4.69) is 33.4 Å². The molecule has 2 saturated heterocycles. The van der Waals surface area contributed by atoms with Gasteiger partial charge in [0.15, 0.2) is 0 Å². The van der Waals surface area contributed by atoms with Crippen LogP contribution in [0.25, 0.3) is 0 Å². The van der Waals surface area contributed by atoms with Crippen molar-refractivity contribution in [3.05, 3.63) is 59.9 Å². The zero-order valence-electron chi connectivity index (χ0n) is 14.1. The Kier molecular flexibility index (Phi) is 4.50. The van der Waals surface area contributed by atoms with Gasteiger partial charge in [0.05, 0.1) is 5.69 Å². The zero-order valence-corrected chi connectivity index (χ0v) is 14.1. The monoisotopic (exact) mass is 323 g/mol. The molecule has 0 bridgehead atoms. The molecular weight excluding hydrogens is 298 g/mol. The highest BCUT2D eigenvalue weighted by Gasteiger charge is 2.40. The van der Waals surface area contributed by atoms with Crippen molar-refractivity contribution in [1.29, 1.82) is 0 Å². The molecule has 0 saturated carbocycles. The normalized spacial score (nSPS) is 23.8. The molecule has 4 heteroatoms. The number of nitrogens with one attached hydrogen (secondary N) is 1. The highest BCUT2D eigenvalue weighted by Crippen LogP contribution is 2.37. The van der Waals surface area contributed by atoms with E-state index in [4.69, 9.17) is 4.74 Å². The molecule has 2 aliphatic heterocycles. The number of aromatic nitrogens is 1. The molecule has 4 nitrogen and oxygen atoms in total. The molecule has 1 aromatic carbocycles. The molecule has 126 valence electrons. The maximum atomic E-state index is 6.05. The predicted molar refractivity (Wildman–Crippen MR) is 94.8 cm³/mol. The molecule has 4 rings (SSSR count). The van der Waals surface area contributed by atoms with E-state index in [9.17, 15) is 0 Å². The van der Waals surface area contributed by atoms with Gasteiger partial charge in [-0.3, -0.25) is 9.88 Å². The van der Waals surface area contributed by atoms with Gasteiger partial charge in [-0.15, -0.1) is 0 Å². The molecule has 1 aromatic heterocycles. The van der Waals surface area contributed by atoms with Gasteiger partial charge in [-0.1, -0.05) is 24.3 Å². The zero-order chi connectivity index (χ0) is 16.2. The Balaban J connectivity index is 1.40. The number of hydrogen-bond donors (Lipinski definition) is 1. The summed E-state index contributed by atoms with van der Waals surface area (Å²) in [5.41, 5.74) is 2.75. The third kappa shape index (κ3) is 3.45. The summed E-state index contributed by atoms with van der Waals surface area (Å²) in [5, 5.41) is 3.53. The SMILES string of the molecule is c1ccc(COc2ccccc2CN2CCC3(CCNC3)C2)nc1. The van der Waals surface area contributed by atoms with E-state index in [0.717, 1.165) is 18.0 Å². The van der Waals surface area contributed by atoms with E-state index >= 15 is 0 Å². The van der Waals surface area contributed by atoms with Crippen LogP contribution in [0.2, 0.25) is 0 Å². The molecule has 0 radical (unpaired) electrons. The topological polar surface area (TPSA) is 37.4 Å². The molecule has 2 aliphatic rings. The summed E-state index contributed by atoms with van der Waals surface area (Å²) in [6.07, 6.45) is 4.45. The minimum atomic E-state index is 0.518. The molecule has 1 spiro atoms. The summed E-state index contributed by atoms with van der Waals surface area (Å²) in [6, 6.07) is 14.3. The predicted octanol–water partition coefficient (Wildman–Crippen LogP) is 2.85. The fourth-order valence-corrected chi connectivity index (χ4v) is 3.96. The largest absolute Gasteiger partial charge is 0.487 e. The Morgan fingerprint density at radius 2 is 2.04 bits per heavy atom. The summed E-state index contributed by atoms with van der Waals surface area (Å²) in [5.74, 6) is 0.980. The van der Waals surface area contributed by atoms with Crippen LogP contribution < -0.4 is 10.1 Å². The molecule has 2 fully saturated rings. The van der Waals surface area contributed by atoms with Crippen molar-refractivity contribution in [3.63, 3.8) is 0 Å². The molecule has 3 heterocycles.